The molecule has 1 aromatic rings. The third-order valence-electron chi connectivity index (χ3n) is 4.57. The van der Waals surface area contributed by atoms with Crippen LogP contribution in [0.25, 0.3) is 0 Å². The van der Waals surface area contributed by atoms with E-state index in [0.29, 0.717) is 11.0 Å². The Morgan fingerprint density at radius 2 is 2.00 bits per heavy atom. The Morgan fingerprint density at radius 3 is 2.71 bits per heavy atom. The van der Waals surface area contributed by atoms with E-state index in [1.54, 1.807) is 11.3 Å². The molecule has 1 N–H and O–H groups in total. The summed E-state index contributed by atoms with van der Waals surface area (Å²) in [6.07, 6.45) is 10.2. The molecule has 0 amide bonds. The molecule has 1 fully saturated rings. The van der Waals surface area contributed by atoms with Crippen LogP contribution in [-0.2, 0) is 12.8 Å². The molecule has 1 aromatic heterocycles. The van der Waals surface area contributed by atoms with E-state index >= 15 is 0 Å². The highest BCUT2D eigenvalue weighted by Crippen LogP contribution is 2.48. The van der Waals surface area contributed by atoms with Crippen LogP contribution in [0, 0.1) is 5.41 Å². The molecule has 3 heteroatoms. The van der Waals surface area contributed by atoms with Crippen LogP contribution >= 0.6 is 11.3 Å². The van der Waals surface area contributed by atoms with Crippen molar-refractivity contribution in [2.75, 3.05) is 0 Å². The van der Waals surface area contributed by atoms with Gasteiger partial charge in [-0.2, -0.15) is 0 Å². The predicted molar refractivity (Wildman–Crippen MR) is 68.8 cm³/mol. The van der Waals surface area contributed by atoms with E-state index in [0.717, 1.165) is 18.4 Å². The van der Waals surface area contributed by atoms with Gasteiger partial charge in [-0.15, -0.1) is 11.3 Å². The Hall–Kier alpha value is -0.830. The van der Waals surface area contributed by atoms with Crippen molar-refractivity contribution in [1.29, 1.82) is 0 Å². The van der Waals surface area contributed by atoms with Crippen LogP contribution in [0.5, 0.6) is 0 Å². The molecule has 3 rings (SSSR count). The molecule has 0 radical (unpaired) electrons. The van der Waals surface area contributed by atoms with Gasteiger partial charge in [-0.05, 0) is 43.1 Å². The van der Waals surface area contributed by atoms with Crippen LogP contribution in [0.1, 0.15) is 59.3 Å². The summed E-state index contributed by atoms with van der Waals surface area (Å²) in [4.78, 5) is 12.5. The van der Waals surface area contributed by atoms with Gasteiger partial charge in [0.2, 0.25) is 0 Å². The SMILES string of the molecule is O=C(O)c1csc2c1CCC1(CCCCC1)C2. The second-order valence-electron chi connectivity index (χ2n) is 5.59. The summed E-state index contributed by atoms with van der Waals surface area (Å²) < 4.78 is 0. The molecular weight excluding hydrogens is 232 g/mol. The molecule has 0 unspecified atom stereocenters. The van der Waals surface area contributed by atoms with Gasteiger partial charge < -0.3 is 5.11 Å². The van der Waals surface area contributed by atoms with E-state index in [4.69, 9.17) is 5.11 Å². The first kappa shape index (κ1) is 11.3. The normalized spacial score (nSPS) is 22.4. The van der Waals surface area contributed by atoms with Gasteiger partial charge in [0.1, 0.15) is 0 Å². The average Bonchev–Trinajstić information content (AvgIpc) is 2.72. The number of thiophene rings is 1. The van der Waals surface area contributed by atoms with Gasteiger partial charge in [-0.3, -0.25) is 0 Å². The van der Waals surface area contributed by atoms with Crippen LogP contribution < -0.4 is 0 Å². The molecule has 0 atom stereocenters. The van der Waals surface area contributed by atoms with E-state index < -0.39 is 5.97 Å². The number of carbonyl (C=O) groups is 1. The van der Waals surface area contributed by atoms with Gasteiger partial charge in [0.25, 0.3) is 0 Å². The standard InChI is InChI=1S/C14H18O2S/c15-13(16)11-9-17-12-8-14(7-4-10(11)12)5-2-1-3-6-14/h9H,1-8H2,(H,15,16). The Morgan fingerprint density at radius 1 is 1.24 bits per heavy atom. The fraction of sp³-hybridized carbons (Fsp3) is 0.643. The van der Waals surface area contributed by atoms with E-state index in [2.05, 4.69) is 0 Å². The molecule has 2 aliphatic rings. The Labute approximate surface area is 106 Å². The van der Waals surface area contributed by atoms with Crippen molar-refractivity contribution in [1.82, 2.24) is 0 Å². The number of fused-ring (bicyclic) bond motifs is 1. The van der Waals surface area contributed by atoms with Crippen molar-refractivity contribution in [3.05, 3.63) is 21.4 Å². The molecule has 1 heterocycles. The second-order valence-corrected chi connectivity index (χ2v) is 6.56. The maximum Gasteiger partial charge on any atom is 0.336 e. The third kappa shape index (κ3) is 1.90. The van der Waals surface area contributed by atoms with E-state index in [1.165, 1.54) is 43.4 Å². The Kier molecular flexibility index (Phi) is 2.74. The van der Waals surface area contributed by atoms with E-state index in [9.17, 15) is 4.79 Å². The predicted octanol–water partition coefficient (Wildman–Crippen LogP) is 3.89. The first-order chi connectivity index (χ1) is 8.20. The van der Waals surface area contributed by atoms with Crippen molar-refractivity contribution >= 4 is 17.3 Å². The largest absolute Gasteiger partial charge is 0.478 e. The van der Waals surface area contributed by atoms with Crippen LogP contribution in [0.2, 0.25) is 0 Å². The molecule has 2 aliphatic carbocycles. The summed E-state index contributed by atoms with van der Waals surface area (Å²) in [5.74, 6) is -0.748. The van der Waals surface area contributed by atoms with Gasteiger partial charge in [-0.1, -0.05) is 19.3 Å². The zero-order chi connectivity index (χ0) is 11.9. The van der Waals surface area contributed by atoms with Crippen LogP contribution in [0.15, 0.2) is 5.38 Å². The first-order valence-corrected chi connectivity index (χ1v) is 7.41. The van der Waals surface area contributed by atoms with Crippen molar-refractivity contribution in [2.24, 2.45) is 5.41 Å². The number of rotatable bonds is 1. The number of hydrogen-bond donors (Lipinski definition) is 1. The highest BCUT2D eigenvalue weighted by Gasteiger charge is 2.37. The minimum absolute atomic E-state index is 0.520. The van der Waals surface area contributed by atoms with Gasteiger partial charge in [0.05, 0.1) is 5.56 Å². The van der Waals surface area contributed by atoms with Crippen molar-refractivity contribution in [3.63, 3.8) is 0 Å². The van der Waals surface area contributed by atoms with Crippen molar-refractivity contribution < 1.29 is 9.90 Å². The lowest BCUT2D eigenvalue weighted by Gasteiger charge is -2.40. The van der Waals surface area contributed by atoms with Crippen molar-refractivity contribution in [3.8, 4) is 0 Å². The molecule has 0 aliphatic heterocycles. The molecule has 2 nitrogen and oxygen atoms in total. The molecule has 0 aromatic carbocycles. The smallest absolute Gasteiger partial charge is 0.336 e. The molecule has 1 saturated carbocycles. The number of carboxylic acids is 1. The molecule has 17 heavy (non-hydrogen) atoms. The highest BCUT2D eigenvalue weighted by molar-refractivity contribution is 7.10. The lowest BCUT2D eigenvalue weighted by atomic mass is 9.65. The fourth-order valence-corrected chi connectivity index (χ4v) is 4.82. The number of hydrogen-bond acceptors (Lipinski definition) is 2. The summed E-state index contributed by atoms with van der Waals surface area (Å²) in [5, 5.41) is 11.0. The zero-order valence-corrected chi connectivity index (χ0v) is 10.8. The number of carboxylic acid groups (broad SMARTS) is 1. The lowest BCUT2D eigenvalue weighted by molar-refractivity contribution is 0.0694. The Balaban J connectivity index is 1.88. The number of aromatic carboxylic acids is 1. The lowest BCUT2D eigenvalue weighted by Crippen LogP contribution is -2.30. The topological polar surface area (TPSA) is 37.3 Å². The molecule has 0 saturated heterocycles. The molecule has 92 valence electrons. The average molecular weight is 250 g/mol. The summed E-state index contributed by atoms with van der Waals surface area (Å²) in [7, 11) is 0. The van der Waals surface area contributed by atoms with Gasteiger partial charge in [0.15, 0.2) is 0 Å². The van der Waals surface area contributed by atoms with Crippen LogP contribution in [-0.4, -0.2) is 11.1 Å². The fourth-order valence-electron chi connectivity index (χ4n) is 3.57. The summed E-state index contributed by atoms with van der Waals surface area (Å²) >= 11 is 1.67. The van der Waals surface area contributed by atoms with E-state index in [1.807, 2.05) is 5.38 Å². The van der Waals surface area contributed by atoms with Gasteiger partial charge >= 0.3 is 5.97 Å². The summed E-state index contributed by atoms with van der Waals surface area (Å²) in [6, 6.07) is 0. The second kappa shape index (κ2) is 4.13. The minimum Gasteiger partial charge on any atom is -0.478 e. The van der Waals surface area contributed by atoms with E-state index in [-0.39, 0.29) is 0 Å². The zero-order valence-electron chi connectivity index (χ0n) is 10.00. The van der Waals surface area contributed by atoms with Crippen LogP contribution in [0.4, 0.5) is 0 Å². The molecule has 0 bridgehead atoms. The van der Waals surface area contributed by atoms with Gasteiger partial charge in [0, 0.05) is 10.3 Å². The molecular formula is C14H18O2S. The third-order valence-corrected chi connectivity index (χ3v) is 5.60. The van der Waals surface area contributed by atoms with Crippen molar-refractivity contribution in [2.45, 2.75) is 51.4 Å². The summed E-state index contributed by atoms with van der Waals surface area (Å²) in [6.45, 7) is 0. The monoisotopic (exact) mass is 250 g/mol. The Bertz CT molecular complexity index is 441. The van der Waals surface area contributed by atoms with Gasteiger partial charge in [-0.25, -0.2) is 4.79 Å². The quantitative estimate of drug-likeness (QED) is 0.821. The molecule has 1 spiro atoms. The summed E-state index contributed by atoms with van der Waals surface area (Å²) in [5.41, 5.74) is 2.22. The highest BCUT2D eigenvalue weighted by atomic mass is 32.1. The minimum atomic E-state index is -0.748. The van der Waals surface area contributed by atoms with Crippen LogP contribution in [0.3, 0.4) is 0 Å². The maximum atomic E-state index is 11.1. The maximum absolute atomic E-state index is 11.1. The first-order valence-electron chi connectivity index (χ1n) is 6.53.